The van der Waals surface area contributed by atoms with Gasteiger partial charge < -0.3 is 8.98 Å². The summed E-state index contributed by atoms with van der Waals surface area (Å²) in [6.07, 6.45) is 0. The second-order valence-corrected chi connectivity index (χ2v) is 6.20. The third kappa shape index (κ3) is 1.28. The standard InChI is InChI=1S/C20H13N3O/c1-22-16-11-10-13-12-6-2-5-9-17(12)24-19(13)18(16)23-15-8-4-3-7-14(15)21-20(22)23/h2-11H,1H3. The van der Waals surface area contributed by atoms with Crippen molar-refractivity contribution in [1.82, 2.24) is 14.0 Å². The third-order valence-corrected chi connectivity index (χ3v) is 4.93. The minimum absolute atomic E-state index is 0.918. The molecule has 4 heteroatoms. The van der Waals surface area contributed by atoms with Crippen LogP contribution in [0.25, 0.3) is 49.8 Å². The van der Waals surface area contributed by atoms with Crippen molar-refractivity contribution >= 4 is 49.8 Å². The molecule has 0 amide bonds. The molecular formula is C20H13N3O. The SMILES string of the molecule is Cn1c2ccc3c4ccccc4oc3c2n2c3ccccc3nc12. The first kappa shape index (κ1) is 12.2. The van der Waals surface area contributed by atoms with E-state index in [1.165, 1.54) is 0 Å². The van der Waals surface area contributed by atoms with Crippen molar-refractivity contribution < 1.29 is 4.42 Å². The van der Waals surface area contributed by atoms with Crippen molar-refractivity contribution in [2.24, 2.45) is 7.05 Å². The van der Waals surface area contributed by atoms with Crippen LogP contribution >= 0.6 is 0 Å². The highest BCUT2D eigenvalue weighted by Gasteiger charge is 2.19. The molecule has 0 aliphatic carbocycles. The second-order valence-electron chi connectivity index (χ2n) is 6.20. The van der Waals surface area contributed by atoms with Gasteiger partial charge in [-0.3, -0.25) is 4.40 Å². The molecule has 4 nitrogen and oxygen atoms in total. The van der Waals surface area contributed by atoms with Gasteiger partial charge in [-0.1, -0.05) is 30.3 Å². The first-order valence-electron chi connectivity index (χ1n) is 7.99. The molecule has 0 radical (unpaired) electrons. The number of furan rings is 1. The Morgan fingerprint density at radius 1 is 0.833 bits per heavy atom. The van der Waals surface area contributed by atoms with Gasteiger partial charge in [0.25, 0.3) is 0 Å². The third-order valence-electron chi connectivity index (χ3n) is 4.93. The quantitative estimate of drug-likeness (QED) is 0.401. The summed E-state index contributed by atoms with van der Waals surface area (Å²) < 4.78 is 10.6. The summed E-state index contributed by atoms with van der Waals surface area (Å²) in [4.78, 5) is 4.80. The van der Waals surface area contributed by atoms with E-state index < -0.39 is 0 Å². The zero-order valence-corrected chi connectivity index (χ0v) is 13.0. The average Bonchev–Trinajstić information content (AvgIpc) is 3.25. The molecule has 0 N–H and O–H groups in total. The molecule has 0 saturated carbocycles. The fourth-order valence-corrected chi connectivity index (χ4v) is 3.82. The lowest BCUT2D eigenvalue weighted by Gasteiger charge is -1.97. The minimum atomic E-state index is 0.918. The van der Waals surface area contributed by atoms with Crippen LogP contribution in [0.5, 0.6) is 0 Å². The number of fused-ring (bicyclic) bond motifs is 9. The molecule has 3 aromatic heterocycles. The molecule has 3 aromatic carbocycles. The molecule has 0 bridgehead atoms. The van der Waals surface area contributed by atoms with Crippen LogP contribution in [0.2, 0.25) is 0 Å². The highest BCUT2D eigenvalue weighted by atomic mass is 16.3. The smallest absolute Gasteiger partial charge is 0.215 e. The summed E-state index contributed by atoms with van der Waals surface area (Å²) in [5.41, 5.74) is 6.14. The summed E-state index contributed by atoms with van der Waals surface area (Å²) in [6.45, 7) is 0. The van der Waals surface area contributed by atoms with Crippen molar-refractivity contribution in [2.45, 2.75) is 0 Å². The van der Waals surface area contributed by atoms with E-state index in [0.717, 1.165) is 49.8 Å². The van der Waals surface area contributed by atoms with Crippen molar-refractivity contribution in [3.63, 3.8) is 0 Å². The van der Waals surface area contributed by atoms with Crippen LogP contribution in [-0.2, 0) is 7.05 Å². The largest absolute Gasteiger partial charge is 0.454 e. The number of nitrogens with zero attached hydrogens (tertiary/aromatic N) is 3. The first-order chi connectivity index (χ1) is 11.8. The van der Waals surface area contributed by atoms with Crippen molar-refractivity contribution in [3.8, 4) is 0 Å². The van der Waals surface area contributed by atoms with Crippen LogP contribution in [0.4, 0.5) is 0 Å². The molecule has 0 aliphatic rings. The van der Waals surface area contributed by atoms with Crippen LogP contribution in [0.1, 0.15) is 0 Å². The summed E-state index contributed by atoms with van der Waals surface area (Å²) in [6, 6.07) is 20.7. The zero-order chi connectivity index (χ0) is 15.8. The highest BCUT2D eigenvalue weighted by molar-refractivity contribution is 6.14. The van der Waals surface area contributed by atoms with Gasteiger partial charge >= 0.3 is 0 Å². The van der Waals surface area contributed by atoms with Gasteiger partial charge in [0.15, 0.2) is 5.58 Å². The van der Waals surface area contributed by atoms with Gasteiger partial charge in [-0.05, 0) is 30.3 Å². The molecule has 0 atom stereocenters. The highest BCUT2D eigenvalue weighted by Crippen LogP contribution is 2.36. The van der Waals surface area contributed by atoms with E-state index in [1.54, 1.807) is 0 Å². The minimum Gasteiger partial charge on any atom is -0.454 e. The van der Waals surface area contributed by atoms with E-state index in [-0.39, 0.29) is 0 Å². The van der Waals surface area contributed by atoms with Gasteiger partial charge in [0.2, 0.25) is 5.78 Å². The molecular weight excluding hydrogens is 298 g/mol. The molecule has 0 fully saturated rings. The van der Waals surface area contributed by atoms with Crippen molar-refractivity contribution in [1.29, 1.82) is 0 Å². The van der Waals surface area contributed by atoms with Gasteiger partial charge in [0.05, 0.1) is 16.6 Å². The molecule has 114 valence electrons. The lowest BCUT2D eigenvalue weighted by Crippen LogP contribution is -1.87. The van der Waals surface area contributed by atoms with E-state index in [0.29, 0.717) is 0 Å². The molecule has 0 spiro atoms. The number of rotatable bonds is 0. The fourth-order valence-electron chi connectivity index (χ4n) is 3.82. The first-order valence-corrected chi connectivity index (χ1v) is 7.99. The van der Waals surface area contributed by atoms with Gasteiger partial charge in [-0.2, -0.15) is 0 Å². The summed E-state index contributed by atoms with van der Waals surface area (Å²) in [7, 11) is 2.05. The fraction of sp³-hybridized carbons (Fsp3) is 0.0500. The number of imidazole rings is 2. The van der Waals surface area contributed by atoms with Crippen LogP contribution in [0, 0.1) is 0 Å². The van der Waals surface area contributed by atoms with Crippen molar-refractivity contribution in [2.75, 3.05) is 0 Å². The predicted molar refractivity (Wildman–Crippen MR) is 96.5 cm³/mol. The van der Waals surface area contributed by atoms with E-state index in [1.807, 2.05) is 30.3 Å². The summed E-state index contributed by atoms with van der Waals surface area (Å²) in [5, 5.41) is 2.29. The number of hydrogen-bond donors (Lipinski definition) is 0. The Labute approximate surface area is 136 Å². The van der Waals surface area contributed by atoms with E-state index in [4.69, 9.17) is 9.40 Å². The predicted octanol–water partition coefficient (Wildman–Crippen LogP) is 4.88. The molecule has 6 rings (SSSR count). The molecule has 0 unspecified atom stereocenters. The van der Waals surface area contributed by atoms with E-state index in [2.05, 4.69) is 46.3 Å². The maximum Gasteiger partial charge on any atom is 0.215 e. The Morgan fingerprint density at radius 2 is 1.67 bits per heavy atom. The van der Waals surface area contributed by atoms with E-state index >= 15 is 0 Å². The Hall–Kier alpha value is -3.27. The number of aromatic nitrogens is 3. The molecule has 6 aromatic rings. The lowest BCUT2D eigenvalue weighted by atomic mass is 10.1. The Balaban J connectivity index is 1.99. The van der Waals surface area contributed by atoms with Crippen LogP contribution in [-0.4, -0.2) is 14.0 Å². The number of para-hydroxylation sites is 3. The topological polar surface area (TPSA) is 35.4 Å². The molecule has 24 heavy (non-hydrogen) atoms. The van der Waals surface area contributed by atoms with Crippen LogP contribution in [0.15, 0.2) is 65.1 Å². The maximum atomic E-state index is 6.24. The van der Waals surface area contributed by atoms with Crippen LogP contribution in [0.3, 0.4) is 0 Å². The van der Waals surface area contributed by atoms with Gasteiger partial charge in [0, 0.05) is 17.8 Å². The second kappa shape index (κ2) is 3.97. The lowest BCUT2D eigenvalue weighted by molar-refractivity contribution is 0.671. The number of aryl methyl sites for hydroxylation is 1. The Kier molecular flexibility index (Phi) is 2.02. The number of benzene rings is 3. The average molecular weight is 311 g/mol. The molecule has 0 aliphatic heterocycles. The summed E-state index contributed by atoms with van der Waals surface area (Å²) in [5.74, 6) is 0.930. The van der Waals surface area contributed by atoms with Crippen molar-refractivity contribution in [3.05, 3.63) is 60.7 Å². The Morgan fingerprint density at radius 3 is 2.62 bits per heavy atom. The zero-order valence-electron chi connectivity index (χ0n) is 13.0. The van der Waals surface area contributed by atoms with Gasteiger partial charge in [-0.15, -0.1) is 0 Å². The molecule has 0 saturated heterocycles. The molecule has 3 heterocycles. The Bertz CT molecular complexity index is 1410. The monoisotopic (exact) mass is 311 g/mol. The summed E-state index contributed by atoms with van der Waals surface area (Å²) >= 11 is 0. The number of hydrogen-bond acceptors (Lipinski definition) is 2. The van der Waals surface area contributed by atoms with Crippen LogP contribution < -0.4 is 0 Å². The van der Waals surface area contributed by atoms with E-state index in [9.17, 15) is 0 Å². The van der Waals surface area contributed by atoms with Gasteiger partial charge in [-0.25, -0.2) is 4.98 Å². The normalized spacial score (nSPS) is 12.4. The maximum absolute atomic E-state index is 6.24. The van der Waals surface area contributed by atoms with Gasteiger partial charge in [0.1, 0.15) is 11.1 Å².